The van der Waals surface area contributed by atoms with Crippen LogP contribution in [-0.2, 0) is 27.3 Å². The zero-order valence-corrected chi connectivity index (χ0v) is 25.3. The van der Waals surface area contributed by atoms with Gasteiger partial charge in [-0.05, 0) is 61.3 Å². The summed E-state index contributed by atoms with van der Waals surface area (Å²) in [6.45, 7) is 7.19. The van der Waals surface area contributed by atoms with Gasteiger partial charge in [0.2, 0.25) is 11.8 Å². The van der Waals surface area contributed by atoms with E-state index in [0.29, 0.717) is 44.3 Å². The molecule has 11 nitrogen and oxygen atoms in total. The van der Waals surface area contributed by atoms with E-state index in [9.17, 15) is 24.3 Å². The van der Waals surface area contributed by atoms with E-state index in [1.54, 1.807) is 24.3 Å². The summed E-state index contributed by atoms with van der Waals surface area (Å²) in [5.41, 5.74) is 13.8. The van der Waals surface area contributed by atoms with Crippen LogP contribution in [0.2, 0.25) is 0 Å². The molecule has 4 amide bonds. The summed E-state index contributed by atoms with van der Waals surface area (Å²) in [7, 11) is 0. The molecule has 1 heterocycles. The minimum Gasteiger partial charge on any atom is -0.382 e. The number of nitrogens with two attached hydrogens (primary N) is 1. The van der Waals surface area contributed by atoms with Gasteiger partial charge in [-0.2, -0.15) is 0 Å². The number of likely N-dealkylation sites (tertiary alicyclic amines) is 1. The van der Waals surface area contributed by atoms with Crippen molar-refractivity contribution in [3.63, 3.8) is 0 Å². The highest BCUT2D eigenvalue weighted by atomic mass is 16.3. The van der Waals surface area contributed by atoms with Crippen LogP contribution in [0.15, 0.2) is 54.6 Å². The number of hydrogen-bond acceptors (Lipinski definition) is 7. The van der Waals surface area contributed by atoms with Gasteiger partial charge < -0.3 is 26.4 Å². The Hall–Kier alpha value is -3.80. The number of carbonyl (C=O) groups excluding carboxylic acids is 4. The fourth-order valence-electron chi connectivity index (χ4n) is 5.07. The van der Waals surface area contributed by atoms with Crippen LogP contribution in [0.25, 0.3) is 0 Å². The summed E-state index contributed by atoms with van der Waals surface area (Å²) < 4.78 is 0. The summed E-state index contributed by atoms with van der Waals surface area (Å²) in [5, 5.41) is 16.3. The highest BCUT2D eigenvalue weighted by molar-refractivity contribution is 5.94. The van der Waals surface area contributed by atoms with E-state index in [-0.39, 0.29) is 30.2 Å². The van der Waals surface area contributed by atoms with Crippen molar-refractivity contribution in [2.75, 3.05) is 13.1 Å². The van der Waals surface area contributed by atoms with Gasteiger partial charge in [-0.1, -0.05) is 63.2 Å². The maximum absolute atomic E-state index is 13.7. The number of amides is 4. The second-order valence-electron chi connectivity index (χ2n) is 11.5. The summed E-state index contributed by atoms with van der Waals surface area (Å²) in [6, 6.07) is 13.8. The molecule has 4 atom stereocenters. The fraction of sp³-hybridized carbons (Fsp3) is 0.500. The second kappa shape index (κ2) is 16.7. The summed E-state index contributed by atoms with van der Waals surface area (Å²) >= 11 is 0. The Morgan fingerprint density at radius 3 is 2.37 bits per heavy atom. The minimum atomic E-state index is -1.49. The summed E-state index contributed by atoms with van der Waals surface area (Å²) in [6.07, 6.45) is 1.22. The number of hydrogen-bond donors (Lipinski definition) is 6. The molecule has 0 radical (unpaired) electrons. The average Bonchev–Trinajstić information content (AvgIpc) is 3.49. The Bertz CT molecular complexity index is 1210. The van der Waals surface area contributed by atoms with Crippen molar-refractivity contribution in [2.24, 2.45) is 11.7 Å². The molecule has 0 aliphatic carbocycles. The highest BCUT2D eigenvalue weighted by Gasteiger charge is 2.38. The van der Waals surface area contributed by atoms with Crippen molar-refractivity contribution in [3.05, 3.63) is 71.3 Å². The number of nitrogens with one attached hydrogen (secondary N) is 4. The molecule has 11 heteroatoms. The van der Waals surface area contributed by atoms with Gasteiger partial charge in [0.25, 0.3) is 11.8 Å². The molecule has 1 fully saturated rings. The molecular formula is C32H46N6O5. The monoisotopic (exact) mass is 594 g/mol. The lowest BCUT2D eigenvalue weighted by Crippen LogP contribution is -2.57. The summed E-state index contributed by atoms with van der Waals surface area (Å²) in [5.74, 6) is -1.50. The summed E-state index contributed by atoms with van der Waals surface area (Å²) in [4.78, 5) is 53.5. The predicted octanol–water partition coefficient (Wildman–Crippen LogP) is 1.40. The van der Waals surface area contributed by atoms with Crippen molar-refractivity contribution >= 4 is 23.6 Å². The fourth-order valence-corrected chi connectivity index (χ4v) is 5.07. The SMILES string of the molecule is CCCNNC(=O)c1ccc(CNC(=O)[C@H]2CCCN2C(=O)[C@H](CC(C)C)NC(=O)[C@@H](O)[C@H](N)Cc2ccccc2)cc1. The topological polar surface area (TPSA) is 166 Å². The number of hydrazine groups is 1. The number of carbonyl (C=O) groups is 4. The van der Waals surface area contributed by atoms with E-state index in [1.165, 1.54) is 4.90 Å². The maximum Gasteiger partial charge on any atom is 0.265 e. The second-order valence-corrected chi connectivity index (χ2v) is 11.5. The number of nitrogens with zero attached hydrogens (tertiary/aromatic N) is 1. The largest absolute Gasteiger partial charge is 0.382 e. The van der Waals surface area contributed by atoms with Gasteiger partial charge >= 0.3 is 0 Å². The Kier molecular flexibility index (Phi) is 13.1. The van der Waals surface area contributed by atoms with Crippen LogP contribution in [0.4, 0.5) is 0 Å². The molecule has 7 N–H and O–H groups in total. The molecule has 0 saturated carbocycles. The average molecular weight is 595 g/mol. The van der Waals surface area contributed by atoms with Crippen molar-refractivity contribution in [1.82, 2.24) is 26.4 Å². The van der Waals surface area contributed by atoms with Crippen LogP contribution < -0.4 is 27.2 Å². The third-order valence-corrected chi connectivity index (χ3v) is 7.41. The molecule has 234 valence electrons. The van der Waals surface area contributed by atoms with E-state index in [0.717, 1.165) is 17.5 Å². The van der Waals surface area contributed by atoms with Gasteiger partial charge in [-0.15, -0.1) is 0 Å². The maximum atomic E-state index is 13.7. The van der Waals surface area contributed by atoms with Crippen LogP contribution in [0.3, 0.4) is 0 Å². The standard InChI is InChI=1S/C32H46N6O5/c1-4-16-35-37-29(40)24-14-12-23(13-15-24)20-34-30(41)27-11-8-17-38(27)32(43)26(18-21(2)3)36-31(42)28(39)25(33)19-22-9-6-5-7-10-22/h5-7,9-10,12-15,21,25-28,35,39H,4,8,11,16-20,33H2,1-3H3,(H,34,41)(H,36,42)(H,37,40)/t25-,26+,27-,28+/m1/s1. The first-order chi connectivity index (χ1) is 20.6. The molecule has 3 rings (SSSR count). The lowest BCUT2D eigenvalue weighted by Gasteiger charge is -2.30. The highest BCUT2D eigenvalue weighted by Crippen LogP contribution is 2.21. The van der Waals surface area contributed by atoms with Crippen molar-refractivity contribution < 1.29 is 24.3 Å². The van der Waals surface area contributed by atoms with Crippen molar-refractivity contribution in [1.29, 1.82) is 0 Å². The van der Waals surface area contributed by atoms with Crippen molar-refractivity contribution in [2.45, 2.75) is 83.6 Å². The van der Waals surface area contributed by atoms with Crippen LogP contribution in [0, 0.1) is 5.92 Å². The predicted molar refractivity (Wildman–Crippen MR) is 164 cm³/mol. The number of benzene rings is 2. The first-order valence-corrected chi connectivity index (χ1v) is 15.1. The van der Waals surface area contributed by atoms with Crippen LogP contribution in [0.5, 0.6) is 0 Å². The molecule has 2 aromatic carbocycles. The first kappa shape index (κ1) is 33.7. The smallest absolute Gasteiger partial charge is 0.265 e. The van der Waals surface area contributed by atoms with Crippen LogP contribution >= 0.6 is 0 Å². The van der Waals surface area contributed by atoms with Gasteiger partial charge in [0, 0.05) is 31.2 Å². The zero-order valence-electron chi connectivity index (χ0n) is 25.3. The Balaban J connectivity index is 1.58. The molecule has 1 saturated heterocycles. The first-order valence-electron chi connectivity index (χ1n) is 15.1. The van der Waals surface area contributed by atoms with E-state index >= 15 is 0 Å². The Labute approximate surface area is 253 Å². The third kappa shape index (κ3) is 10.2. The van der Waals surface area contributed by atoms with E-state index in [2.05, 4.69) is 21.5 Å². The van der Waals surface area contributed by atoms with E-state index in [1.807, 2.05) is 51.1 Å². The molecule has 0 aromatic heterocycles. The molecule has 43 heavy (non-hydrogen) atoms. The minimum absolute atomic E-state index is 0.0757. The lowest BCUT2D eigenvalue weighted by atomic mass is 9.99. The molecule has 2 aromatic rings. The van der Waals surface area contributed by atoms with Crippen molar-refractivity contribution in [3.8, 4) is 0 Å². The molecule has 1 aliphatic rings. The zero-order chi connectivity index (χ0) is 31.4. The lowest BCUT2D eigenvalue weighted by molar-refractivity contribution is -0.143. The molecular weight excluding hydrogens is 548 g/mol. The molecule has 1 aliphatic heterocycles. The van der Waals surface area contributed by atoms with Crippen LogP contribution in [0.1, 0.15) is 67.9 Å². The third-order valence-electron chi connectivity index (χ3n) is 7.41. The van der Waals surface area contributed by atoms with Crippen LogP contribution in [-0.4, -0.2) is 71.0 Å². The van der Waals surface area contributed by atoms with Gasteiger partial charge in [0.1, 0.15) is 18.2 Å². The molecule has 0 bridgehead atoms. The number of aliphatic hydroxyl groups excluding tert-OH is 1. The Morgan fingerprint density at radius 2 is 1.72 bits per heavy atom. The Morgan fingerprint density at radius 1 is 1.02 bits per heavy atom. The van der Waals surface area contributed by atoms with Gasteiger partial charge in [0.05, 0.1) is 0 Å². The van der Waals surface area contributed by atoms with E-state index in [4.69, 9.17) is 5.73 Å². The molecule has 0 spiro atoms. The van der Waals surface area contributed by atoms with Gasteiger partial charge in [-0.3, -0.25) is 24.6 Å². The normalized spacial score (nSPS) is 16.8. The van der Waals surface area contributed by atoms with Gasteiger partial charge in [-0.25, -0.2) is 5.43 Å². The molecule has 0 unspecified atom stereocenters. The number of rotatable bonds is 15. The number of aliphatic hydroxyl groups is 1. The van der Waals surface area contributed by atoms with Gasteiger partial charge in [0.15, 0.2) is 0 Å². The quantitative estimate of drug-likeness (QED) is 0.134. The van der Waals surface area contributed by atoms with E-state index < -0.39 is 30.1 Å².